The number of aromatic nitrogens is 4. The largest absolute Gasteiger partial charge is 1.00 e. The molecule has 4 heterocycles. The first-order valence-corrected chi connectivity index (χ1v) is 14.2. The molecule has 0 bridgehead atoms. The van der Waals surface area contributed by atoms with E-state index in [0.29, 0.717) is 11.1 Å². The Kier molecular flexibility index (Phi) is 15.3. The van der Waals surface area contributed by atoms with Crippen molar-refractivity contribution in [3.63, 3.8) is 0 Å². The van der Waals surface area contributed by atoms with E-state index in [4.69, 9.17) is 4.74 Å². The van der Waals surface area contributed by atoms with Gasteiger partial charge in [0.25, 0.3) is 0 Å². The van der Waals surface area contributed by atoms with Gasteiger partial charge in [-0.25, -0.2) is 4.79 Å². The van der Waals surface area contributed by atoms with E-state index in [1.807, 2.05) is 6.07 Å². The molecule has 0 saturated carbocycles. The van der Waals surface area contributed by atoms with Crippen molar-refractivity contribution in [1.29, 1.82) is 0 Å². The molecular formula is C29H38Li2N8O5. The average Bonchev–Trinajstić information content (AvgIpc) is 3.81. The number of benzene rings is 2. The fraction of sp³-hybridized carbons (Fsp3) is 0.448. The average molecular weight is 593 g/mol. The maximum absolute atomic E-state index is 11.5. The zero-order valence-electron chi connectivity index (χ0n) is 25.8. The predicted molar refractivity (Wildman–Crippen MR) is 158 cm³/mol. The molecule has 4 aromatic rings. The molecule has 44 heavy (non-hydrogen) atoms. The summed E-state index contributed by atoms with van der Waals surface area (Å²) in [6, 6.07) is 10.3. The third-order valence-electron chi connectivity index (χ3n) is 7.62. The van der Waals surface area contributed by atoms with Crippen molar-refractivity contribution in [2.45, 2.75) is 25.7 Å². The number of H-pyrrole nitrogens is 2. The minimum atomic E-state index is -1.18. The molecular weight excluding hydrogens is 554 g/mol. The summed E-state index contributed by atoms with van der Waals surface area (Å²) in [5, 5.41) is 33.6. The van der Waals surface area contributed by atoms with E-state index < -0.39 is 5.97 Å². The number of carbonyl (C=O) groups is 2. The van der Waals surface area contributed by atoms with Gasteiger partial charge in [0.15, 0.2) is 11.6 Å². The van der Waals surface area contributed by atoms with Crippen LogP contribution in [0.5, 0.6) is 0 Å². The molecule has 0 unspecified atom stereocenters. The zero-order valence-corrected chi connectivity index (χ0v) is 25.8. The maximum Gasteiger partial charge on any atom is 1.00 e. The molecule has 226 valence electrons. The summed E-state index contributed by atoms with van der Waals surface area (Å²) in [4.78, 5) is 27.2. The second kappa shape index (κ2) is 18.1. The van der Waals surface area contributed by atoms with Crippen molar-refractivity contribution in [2.75, 3.05) is 70.1 Å². The standard InChI is InChI=1S/C15H20N4O2.C14H18N4O2.2Li.H2O/c1-21-15(20)11-4-5-12-13(10-11)17-18-14(12)16-6-9-19-7-2-3-8-19;19-14(20)10-3-4-11-12(9-10)16-17-13(11)15-5-8-18-6-1-2-7-18;;;/h4-5,10H,2-3,6-9H2,1H3,(H2,16,17,18);3-4,9H,1-2,5-8H2,(H,19,20)(H2,15,16,17);;;1H2/q;;2*+1;/p-2. The Hall–Kier alpha value is -3.01. The number of aromatic amines is 2. The Morgan fingerprint density at radius 2 is 1.23 bits per heavy atom. The number of ether oxygens (including phenoxy) is 1. The Morgan fingerprint density at radius 1 is 0.795 bits per heavy atom. The van der Waals surface area contributed by atoms with Gasteiger partial charge in [-0.2, -0.15) is 10.2 Å². The van der Waals surface area contributed by atoms with Gasteiger partial charge in [0.1, 0.15) is 0 Å². The zero-order chi connectivity index (χ0) is 28.6. The van der Waals surface area contributed by atoms with E-state index in [2.05, 4.69) is 40.8 Å². The van der Waals surface area contributed by atoms with Crippen molar-refractivity contribution in [3.8, 4) is 0 Å². The minimum absolute atomic E-state index is 0. The number of fused-ring (bicyclic) bond motifs is 2. The fourth-order valence-corrected chi connectivity index (χ4v) is 5.36. The summed E-state index contributed by atoms with van der Waals surface area (Å²) >= 11 is 0. The van der Waals surface area contributed by atoms with Gasteiger partial charge in [-0.05, 0) is 87.8 Å². The second-order valence-electron chi connectivity index (χ2n) is 10.4. The third-order valence-corrected chi connectivity index (χ3v) is 7.62. The number of likely N-dealkylation sites (tertiary alicyclic amines) is 2. The Labute approximate surface area is 280 Å². The smallest absolute Gasteiger partial charge is 0.870 e. The van der Waals surface area contributed by atoms with E-state index in [1.165, 1.54) is 59.0 Å². The summed E-state index contributed by atoms with van der Waals surface area (Å²) in [7, 11) is 1.38. The minimum Gasteiger partial charge on any atom is -0.870 e. The van der Waals surface area contributed by atoms with Gasteiger partial charge in [0, 0.05) is 37.0 Å². The van der Waals surface area contributed by atoms with Gasteiger partial charge < -0.3 is 40.5 Å². The summed E-state index contributed by atoms with van der Waals surface area (Å²) in [6.45, 7) is 8.51. The van der Waals surface area contributed by atoms with Crippen molar-refractivity contribution in [3.05, 3.63) is 47.5 Å². The molecule has 2 fully saturated rings. The molecule has 2 saturated heterocycles. The topological polar surface area (TPSA) is 184 Å². The second-order valence-corrected chi connectivity index (χ2v) is 10.4. The summed E-state index contributed by atoms with van der Waals surface area (Å²) in [5.74, 6) is 0.0878. The number of nitrogens with zero attached hydrogens (tertiary/aromatic N) is 4. The number of rotatable bonds is 10. The summed E-state index contributed by atoms with van der Waals surface area (Å²) in [5.41, 5.74) is 2.22. The number of carbonyl (C=O) groups excluding carboxylic acids is 2. The van der Waals surface area contributed by atoms with Crippen LogP contribution in [-0.2, 0) is 4.74 Å². The fourth-order valence-electron chi connectivity index (χ4n) is 5.36. The van der Waals surface area contributed by atoms with Crippen LogP contribution in [0.4, 0.5) is 11.6 Å². The van der Waals surface area contributed by atoms with Crippen molar-refractivity contribution < 1.29 is 62.6 Å². The number of aromatic carboxylic acids is 1. The van der Waals surface area contributed by atoms with E-state index >= 15 is 0 Å². The molecule has 15 heteroatoms. The number of carboxylic acids is 1. The summed E-state index contributed by atoms with van der Waals surface area (Å²) < 4.78 is 4.72. The first-order valence-electron chi connectivity index (χ1n) is 14.2. The molecule has 2 aromatic heterocycles. The van der Waals surface area contributed by atoms with Gasteiger partial charge in [0.2, 0.25) is 0 Å². The van der Waals surface area contributed by atoms with Crippen LogP contribution in [0.2, 0.25) is 0 Å². The van der Waals surface area contributed by atoms with E-state index in [0.717, 1.165) is 54.1 Å². The first-order chi connectivity index (χ1) is 20.0. The van der Waals surface area contributed by atoms with E-state index in [-0.39, 0.29) is 54.7 Å². The number of hydrogen-bond donors (Lipinski definition) is 4. The van der Waals surface area contributed by atoms with Crippen LogP contribution in [0.25, 0.3) is 21.8 Å². The SMILES string of the molecule is COC(=O)c1ccc2c(NCCN3CCCC3)n[nH]c2c1.O=C([O-])c1ccc2c(NCCN3CCCC3)n[nH]c2c1.[Li+].[Li+].[OH-]. The quantitative estimate of drug-likeness (QED) is 0.104. The molecule has 0 amide bonds. The number of methoxy groups -OCH3 is 1. The van der Waals surface area contributed by atoms with Crippen LogP contribution in [-0.4, -0.2) is 107 Å². The Bertz CT molecular complexity index is 1490. The first kappa shape index (κ1) is 37.2. The van der Waals surface area contributed by atoms with Crippen molar-refractivity contribution >= 4 is 45.4 Å². The normalized spacial score (nSPS) is 14.6. The third kappa shape index (κ3) is 9.50. The molecule has 6 rings (SSSR count). The number of anilines is 2. The number of carboxylic acid groups (broad SMARTS) is 1. The molecule has 5 N–H and O–H groups in total. The van der Waals surface area contributed by atoms with Crippen molar-refractivity contribution in [2.24, 2.45) is 0 Å². The van der Waals surface area contributed by atoms with Crippen LogP contribution in [0.3, 0.4) is 0 Å². The number of nitrogens with one attached hydrogen (secondary N) is 4. The van der Waals surface area contributed by atoms with Crippen LogP contribution in [0.1, 0.15) is 46.4 Å². The van der Waals surface area contributed by atoms with E-state index in [9.17, 15) is 14.7 Å². The molecule has 0 aliphatic carbocycles. The van der Waals surface area contributed by atoms with Crippen LogP contribution in [0, 0.1) is 0 Å². The van der Waals surface area contributed by atoms with Crippen LogP contribution in [0.15, 0.2) is 36.4 Å². The van der Waals surface area contributed by atoms with E-state index in [1.54, 1.807) is 30.3 Å². The monoisotopic (exact) mass is 592 g/mol. The van der Waals surface area contributed by atoms with Gasteiger partial charge >= 0.3 is 43.7 Å². The molecule has 0 spiro atoms. The number of hydrogen-bond acceptors (Lipinski definition) is 11. The number of esters is 1. The van der Waals surface area contributed by atoms with Gasteiger partial charge in [-0.3, -0.25) is 10.2 Å². The molecule has 0 atom stereocenters. The van der Waals surface area contributed by atoms with Crippen LogP contribution < -0.4 is 53.5 Å². The van der Waals surface area contributed by atoms with Crippen LogP contribution >= 0.6 is 0 Å². The molecule has 2 aliphatic rings. The molecule has 0 radical (unpaired) electrons. The van der Waals surface area contributed by atoms with Gasteiger partial charge in [-0.1, -0.05) is 6.07 Å². The Balaban J connectivity index is 0.000000287. The molecule has 13 nitrogen and oxygen atoms in total. The van der Waals surface area contributed by atoms with Crippen molar-refractivity contribution in [1.82, 2.24) is 30.2 Å². The maximum atomic E-state index is 11.5. The molecule has 2 aromatic carbocycles. The van der Waals surface area contributed by atoms with Gasteiger partial charge in [-0.15, -0.1) is 0 Å². The molecule has 2 aliphatic heterocycles. The summed E-state index contributed by atoms with van der Waals surface area (Å²) in [6.07, 6.45) is 5.19. The predicted octanol–water partition coefficient (Wildman–Crippen LogP) is -3.88. The Morgan fingerprint density at radius 3 is 1.66 bits per heavy atom. The van der Waals surface area contributed by atoms with Gasteiger partial charge in [0.05, 0.1) is 29.7 Å².